The van der Waals surface area contributed by atoms with Gasteiger partial charge in [-0.2, -0.15) is 0 Å². The third kappa shape index (κ3) is 7.16. The maximum absolute atomic E-state index is 13.9. The molecular weight excluding hydrogens is 561 g/mol. The van der Waals surface area contributed by atoms with E-state index in [0.717, 1.165) is 12.0 Å². The van der Waals surface area contributed by atoms with Crippen molar-refractivity contribution in [2.75, 3.05) is 6.54 Å². The van der Waals surface area contributed by atoms with Crippen LogP contribution in [0.2, 0.25) is 10.0 Å². The van der Waals surface area contributed by atoms with Crippen LogP contribution in [0.1, 0.15) is 65.0 Å². The standard InChI is InChI=1S/C32H33Cl2N3O4/c1-3-21(2)35-30(39)28(19-22-11-5-4-6-12-22)37(20-25-26(33)15-9-16-27(25)34)29(38)17-10-18-36-31(40)23-13-7-8-14-24(23)32(36)41/h4-9,11-16,21,28H,3,10,17-20H2,1-2H3,(H,35,39)/t21-,28-/m0/s1. The number of carbonyl (C=O) groups excluding carboxylic acids is 4. The van der Waals surface area contributed by atoms with Gasteiger partial charge < -0.3 is 10.2 Å². The summed E-state index contributed by atoms with van der Waals surface area (Å²) in [7, 11) is 0. The molecule has 4 rings (SSSR count). The van der Waals surface area contributed by atoms with E-state index in [1.807, 2.05) is 44.2 Å². The van der Waals surface area contributed by atoms with E-state index in [1.54, 1.807) is 42.5 Å². The van der Waals surface area contributed by atoms with Crippen LogP contribution in [0.3, 0.4) is 0 Å². The Morgan fingerprint density at radius 3 is 2.05 bits per heavy atom. The average Bonchev–Trinajstić information content (AvgIpc) is 3.21. The normalized spacial score (nSPS) is 14.0. The molecule has 2 atom stereocenters. The molecule has 214 valence electrons. The van der Waals surface area contributed by atoms with Gasteiger partial charge in [0.25, 0.3) is 11.8 Å². The lowest BCUT2D eigenvalue weighted by Crippen LogP contribution is -2.52. The summed E-state index contributed by atoms with van der Waals surface area (Å²) in [6.07, 6.45) is 1.27. The van der Waals surface area contributed by atoms with E-state index < -0.39 is 6.04 Å². The molecular formula is C32H33Cl2N3O4. The van der Waals surface area contributed by atoms with Crippen LogP contribution in [0.5, 0.6) is 0 Å². The summed E-state index contributed by atoms with van der Waals surface area (Å²) in [5, 5.41) is 3.81. The van der Waals surface area contributed by atoms with Gasteiger partial charge >= 0.3 is 0 Å². The zero-order valence-electron chi connectivity index (χ0n) is 23.1. The Labute approximate surface area is 250 Å². The predicted octanol–water partition coefficient (Wildman–Crippen LogP) is 5.92. The van der Waals surface area contributed by atoms with E-state index in [2.05, 4.69) is 5.32 Å². The number of nitrogens with zero attached hydrogens (tertiary/aromatic N) is 2. The summed E-state index contributed by atoms with van der Waals surface area (Å²) in [5.41, 5.74) is 2.16. The van der Waals surface area contributed by atoms with Gasteiger partial charge in [-0.25, -0.2) is 0 Å². The Kier molecular flexibility index (Phi) is 10.2. The maximum atomic E-state index is 13.9. The quantitative estimate of drug-likeness (QED) is 0.264. The number of rotatable bonds is 12. The second-order valence-electron chi connectivity index (χ2n) is 10.2. The zero-order chi connectivity index (χ0) is 29.5. The van der Waals surface area contributed by atoms with Gasteiger partial charge in [0, 0.05) is 47.6 Å². The van der Waals surface area contributed by atoms with Crippen LogP contribution < -0.4 is 5.32 Å². The number of hydrogen-bond acceptors (Lipinski definition) is 4. The van der Waals surface area contributed by atoms with Crippen molar-refractivity contribution in [3.8, 4) is 0 Å². The third-order valence-electron chi connectivity index (χ3n) is 7.31. The molecule has 7 nitrogen and oxygen atoms in total. The van der Waals surface area contributed by atoms with Crippen molar-refractivity contribution in [3.05, 3.63) is 105 Å². The maximum Gasteiger partial charge on any atom is 0.261 e. The molecule has 1 heterocycles. The Morgan fingerprint density at radius 2 is 1.46 bits per heavy atom. The van der Waals surface area contributed by atoms with E-state index in [-0.39, 0.29) is 62.0 Å². The van der Waals surface area contributed by atoms with Gasteiger partial charge in [0.2, 0.25) is 11.8 Å². The highest BCUT2D eigenvalue weighted by Gasteiger charge is 2.36. The highest BCUT2D eigenvalue weighted by Crippen LogP contribution is 2.28. The third-order valence-corrected chi connectivity index (χ3v) is 8.02. The van der Waals surface area contributed by atoms with Gasteiger partial charge in [-0.3, -0.25) is 24.1 Å². The van der Waals surface area contributed by atoms with Crippen molar-refractivity contribution in [2.45, 2.75) is 58.2 Å². The van der Waals surface area contributed by atoms with E-state index in [0.29, 0.717) is 26.7 Å². The van der Waals surface area contributed by atoms with Gasteiger partial charge in [-0.15, -0.1) is 0 Å². The molecule has 0 aliphatic carbocycles. The second kappa shape index (κ2) is 13.8. The largest absolute Gasteiger partial charge is 0.352 e. The number of carbonyl (C=O) groups is 4. The van der Waals surface area contributed by atoms with Crippen LogP contribution >= 0.6 is 23.2 Å². The first-order chi connectivity index (χ1) is 19.7. The summed E-state index contributed by atoms with van der Waals surface area (Å²) in [4.78, 5) is 55.8. The summed E-state index contributed by atoms with van der Waals surface area (Å²) in [5.74, 6) is -1.32. The monoisotopic (exact) mass is 593 g/mol. The topological polar surface area (TPSA) is 86.8 Å². The van der Waals surface area contributed by atoms with Crippen LogP contribution in [0, 0.1) is 0 Å². The second-order valence-corrected chi connectivity index (χ2v) is 11.0. The van der Waals surface area contributed by atoms with Crippen molar-refractivity contribution < 1.29 is 19.2 Å². The lowest BCUT2D eigenvalue weighted by atomic mass is 10.0. The summed E-state index contributed by atoms with van der Waals surface area (Å²) in [6.45, 7) is 4.00. The Hall–Kier alpha value is -3.68. The van der Waals surface area contributed by atoms with Crippen molar-refractivity contribution in [3.63, 3.8) is 0 Å². The van der Waals surface area contributed by atoms with Crippen LogP contribution in [-0.2, 0) is 22.6 Å². The number of benzene rings is 3. The van der Waals surface area contributed by atoms with E-state index in [4.69, 9.17) is 23.2 Å². The molecule has 0 fully saturated rings. The van der Waals surface area contributed by atoms with Crippen molar-refractivity contribution in [1.29, 1.82) is 0 Å². The van der Waals surface area contributed by atoms with Crippen LogP contribution in [0.4, 0.5) is 0 Å². The SMILES string of the molecule is CC[C@H](C)NC(=O)[C@H](Cc1ccccc1)N(Cc1c(Cl)cccc1Cl)C(=O)CCCN1C(=O)c2ccccc2C1=O. The van der Waals surface area contributed by atoms with Gasteiger partial charge in [0.1, 0.15) is 6.04 Å². The Bertz CT molecular complexity index is 1370. The smallest absolute Gasteiger partial charge is 0.261 e. The number of imide groups is 1. The molecule has 3 aromatic carbocycles. The summed E-state index contributed by atoms with van der Waals surface area (Å²) < 4.78 is 0. The summed E-state index contributed by atoms with van der Waals surface area (Å²) >= 11 is 13.0. The first kappa shape index (κ1) is 30.3. The van der Waals surface area contributed by atoms with Crippen LogP contribution in [0.15, 0.2) is 72.8 Å². The molecule has 0 bridgehead atoms. The molecule has 0 saturated heterocycles. The van der Waals surface area contributed by atoms with Crippen molar-refractivity contribution in [2.24, 2.45) is 0 Å². The first-order valence-electron chi connectivity index (χ1n) is 13.7. The minimum absolute atomic E-state index is 0.0113. The molecule has 9 heteroatoms. The number of fused-ring (bicyclic) bond motifs is 1. The minimum atomic E-state index is -0.842. The van der Waals surface area contributed by atoms with E-state index in [9.17, 15) is 19.2 Å². The first-order valence-corrected chi connectivity index (χ1v) is 14.5. The number of hydrogen-bond donors (Lipinski definition) is 1. The van der Waals surface area contributed by atoms with Crippen LogP contribution in [-0.4, -0.2) is 52.1 Å². The van der Waals surface area contributed by atoms with Gasteiger partial charge in [0.05, 0.1) is 11.1 Å². The summed E-state index contributed by atoms with van der Waals surface area (Å²) in [6, 6.07) is 20.4. The van der Waals surface area contributed by atoms with Gasteiger partial charge in [0.15, 0.2) is 0 Å². The average molecular weight is 595 g/mol. The highest BCUT2D eigenvalue weighted by atomic mass is 35.5. The van der Waals surface area contributed by atoms with Gasteiger partial charge in [-0.1, -0.05) is 78.7 Å². The fourth-order valence-corrected chi connectivity index (χ4v) is 5.34. The molecule has 41 heavy (non-hydrogen) atoms. The van der Waals surface area contributed by atoms with Crippen molar-refractivity contribution >= 4 is 46.8 Å². The molecule has 0 saturated carbocycles. The minimum Gasteiger partial charge on any atom is -0.352 e. The predicted molar refractivity (Wildman–Crippen MR) is 160 cm³/mol. The Morgan fingerprint density at radius 1 is 0.878 bits per heavy atom. The lowest BCUT2D eigenvalue weighted by molar-refractivity contribution is -0.141. The molecule has 1 aliphatic rings. The molecule has 0 unspecified atom stereocenters. The molecule has 1 N–H and O–H groups in total. The lowest BCUT2D eigenvalue weighted by Gasteiger charge is -2.33. The number of halogens is 2. The number of nitrogens with one attached hydrogen (secondary N) is 1. The van der Waals surface area contributed by atoms with Crippen LogP contribution in [0.25, 0.3) is 0 Å². The molecule has 0 spiro atoms. The molecule has 0 aromatic heterocycles. The number of amides is 4. The molecule has 4 amide bonds. The fourth-order valence-electron chi connectivity index (χ4n) is 4.82. The van der Waals surface area contributed by atoms with E-state index in [1.165, 1.54) is 9.80 Å². The Balaban J connectivity index is 1.59. The zero-order valence-corrected chi connectivity index (χ0v) is 24.6. The van der Waals surface area contributed by atoms with Crippen molar-refractivity contribution in [1.82, 2.24) is 15.1 Å². The molecule has 0 radical (unpaired) electrons. The van der Waals surface area contributed by atoms with Gasteiger partial charge in [-0.05, 0) is 49.6 Å². The highest BCUT2D eigenvalue weighted by molar-refractivity contribution is 6.36. The fraction of sp³-hybridized carbons (Fsp3) is 0.312. The van der Waals surface area contributed by atoms with E-state index >= 15 is 0 Å². The molecule has 3 aromatic rings. The molecule has 1 aliphatic heterocycles.